The zero-order chi connectivity index (χ0) is 18.1. The lowest BCUT2D eigenvalue weighted by Gasteiger charge is -2.56. The molecule has 0 saturated heterocycles. The maximum Gasteiger partial charge on any atom is 0.141 e. The van der Waals surface area contributed by atoms with E-state index in [9.17, 15) is 9.90 Å². The van der Waals surface area contributed by atoms with Crippen LogP contribution in [-0.4, -0.2) is 21.5 Å². The van der Waals surface area contributed by atoms with Gasteiger partial charge in [0.2, 0.25) is 0 Å². The summed E-state index contributed by atoms with van der Waals surface area (Å²) in [6.45, 7) is 6.34. The normalized spacial score (nSPS) is 45.0. The second kappa shape index (κ2) is 4.11. The zero-order valence-electron chi connectivity index (χ0n) is 15.9. The van der Waals surface area contributed by atoms with Crippen LogP contribution in [0.3, 0.4) is 0 Å². The number of carbonyl (C=O) groups is 1. The highest BCUT2D eigenvalue weighted by atomic mass is 16.3. The molecule has 26 heavy (non-hydrogen) atoms. The van der Waals surface area contributed by atoms with Crippen LogP contribution >= 0.6 is 0 Å². The molecule has 4 aliphatic carbocycles. The van der Waals surface area contributed by atoms with E-state index in [1.54, 1.807) is 0 Å². The third-order valence-corrected chi connectivity index (χ3v) is 9.47. The van der Waals surface area contributed by atoms with E-state index in [2.05, 4.69) is 36.2 Å². The lowest BCUT2D eigenvalue weighted by molar-refractivity contribution is -0.188. The van der Waals surface area contributed by atoms with Gasteiger partial charge in [0, 0.05) is 33.8 Å². The van der Waals surface area contributed by atoms with Gasteiger partial charge in [-0.15, -0.1) is 0 Å². The van der Waals surface area contributed by atoms with Crippen molar-refractivity contribution in [2.45, 2.75) is 63.9 Å². The van der Waals surface area contributed by atoms with Gasteiger partial charge in [0.25, 0.3) is 0 Å². The van der Waals surface area contributed by atoms with Gasteiger partial charge in [0.05, 0.1) is 11.0 Å². The monoisotopic (exact) mass is 349 g/mol. The van der Waals surface area contributed by atoms with Gasteiger partial charge in [-0.25, -0.2) is 0 Å². The van der Waals surface area contributed by atoms with E-state index in [0.717, 1.165) is 25.7 Å². The Morgan fingerprint density at radius 3 is 2.77 bits per heavy atom. The van der Waals surface area contributed by atoms with Gasteiger partial charge < -0.3 is 10.1 Å². The van der Waals surface area contributed by atoms with Crippen LogP contribution < -0.4 is 0 Å². The number of H-pyrrole nitrogens is 1. The summed E-state index contributed by atoms with van der Waals surface area (Å²) in [5.74, 6) is 1.27. The van der Waals surface area contributed by atoms with Gasteiger partial charge in [-0.3, -0.25) is 4.79 Å². The van der Waals surface area contributed by atoms with Gasteiger partial charge >= 0.3 is 0 Å². The topological polar surface area (TPSA) is 53.1 Å². The molecule has 2 N–H and O–H groups in total. The van der Waals surface area contributed by atoms with Crippen molar-refractivity contribution in [2.24, 2.45) is 22.7 Å². The number of benzene rings is 1. The van der Waals surface area contributed by atoms with Crippen LogP contribution in [0.15, 0.2) is 24.3 Å². The predicted octanol–water partition coefficient (Wildman–Crippen LogP) is 4.13. The Labute approximate surface area is 154 Å². The second-order valence-corrected chi connectivity index (χ2v) is 9.93. The molecule has 5 atom stereocenters. The third-order valence-electron chi connectivity index (χ3n) is 9.47. The summed E-state index contributed by atoms with van der Waals surface area (Å²) in [6.07, 6.45) is 4.37. The molecule has 1 heterocycles. The van der Waals surface area contributed by atoms with Crippen molar-refractivity contribution >= 4 is 16.7 Å². The molecule has 136 valence electrons. The average Bonchev–Trinajstić information content (AvgIpc) is 2.90. The van der Waals surface area contributed by atoms with Crippen molar-refractivity contribution in [3.05, 3.63) is 35.5 Å². The first kappa shape index (κ1) is 15.4. The first-order valence-electron chi connectivity index (χ1n) is 10.2. The SMILES string of the molecule is CC1C23c4[nH]c5ccccc5c4CC2CCC2(O)C(C)(C)C(=O)CCC132. The van der Waals surface area contributed by atoms with Gasteiger partial charge in [-0.1, -0.05) is 39.0 Å². The fraction of sp³-hybridized carbons (Fsp3) is 0.609. The molecule has 0 bridgehead atoms. The summed E-state index contributed by atoms with van der Waals surface area (Å²) >= 11 is 0. The lowest BCUT2D eigenvalue weighted by atomic mass is 9.50. The summed E-state index contributed by atoms with van der Waals surface area (Å²) in [5.41, 5.74) is 2.44. The first-order chi connectivity index (χ1) is 12.3. The van der Waals surface area contributed by atoms with E-state index < -0.39 is 11.0 Å². The van der Waals surface area contributed by atoms with Crippen molar-refractivity contribution in [1.82, 2.24) is 4.98 Å². The molecular weight excluding hydrogens is 322 g/mol. The molecule has 0 radical (unpaired) electrons. The summed E-state index contributed by atoms with van der Waals surface area (Å²) in [6, 6.07) is 8.62. The highest BCUT2D eigenvalue weighted by Crippen LogP contribution is 2.87. The van der Waals surface area contributed by atoms with E-state index in [1.165, 1.54) is 22.2 Å². The number of nitrogens with one attached hydrogen (secondary N) is 1. The average molecular weight is 349 g/mol. The maximum absolute atomic E-state index is 12.8. The van der Waals surface area contributed by atoms with Crippen molar-refractivity contribution in [2.75, 3.05) is 0 Å². The Morgan fingerprint density at radius 1 is 1.19 bits per heavy atom. The molecule has 0 amide bonds. The molecule has 6 rings (SSSR count). The number of aliphatic hydroxyl groups is 1. The van der Waals surface area contributed by atoms with E-state index in [4.69, 9.17) is 0 Å². The van der Waals surface area contributed by atoms with Crippen molar-refractivity contribution in [3.63, 3.8) is 0 Å². The molecule has 1 aromatic carbocycles. The van der Waals surface area contributed by atoms with Crippen LogP contribution in [-0.2, 0) is 16.6 Å². The molecule has 0 aliphatic heterocycles. The highest BCUT2D eigenvalue weighted by molar-refractivity contribution is 5.89. The smallest absolute Gasteiger partial charge is 0.141 e. The zero-order valence-corrected chi connectivity index (χ0v) is 15.9. The van der Waals surface area contributed by atoms with Crippen LogP contribution in [0.4, 0.5) is 0 Å². The van der Waals surface area contributed by atoms with Crippen molar-refractivity contribution < 1.29 is 9.90 Å². The van der Waals surface area contributed by atoms with Crippen LogP contribution in [0, 0.1) is 22.7 Å². The Morgan fingerprint density at radius 2 is 1.96 bits per heavy atom. The van der Waals surface area contributed by atoms with Gasteiger partial charge in [0.15, 0.2) is 0 Å². The van der Waals surface area contributed by atoms with Crippen LogP contribution in [0.2, 0.25) is 0 Å². The quantitative estimate of drug-likeness (QED) is 0.751. The minimum absolute atomic E-state index is 0.0341. The number of fused-ring (bicyclic) bond motifs is 3. The van der Waals surface area contributed by atoms with E-state index in [-0.39, 0.29) is 16.6 Å². The summed E-state index contributed by atoms with van der Waals surface area (Å²) in [5, 5.41) is 13.4. The van der Waals surface area contributed by atoms with Crippen molar-refractivity contribution in [1.29, 1.82) is 0 Å². The molecule has 2 aromatic rings. The molecule has 2 spiro atoms. The van der Waals surface area contributed by atoms with Crippen LogP contribution in [0.5, 0.6) is 0 Å². The number of aromatic nitrogens is 1. The summed E-state index contributed by atoms with van der Waals surface area (Å²) < 4.78 is 0. The summed E-state index contributed by atoms with van der Waals surface area (Å²) in [7, 11) is 0. The fourth-order valence-corrected chi connectivity index (χ4v) is 8.29. The Balaban J connectivity index is 1.63. The maximum atomic E-state index is 12.8. The highest BCUT2D eigenvalue weighted by Gasteiger charge is 2.89. The first-order valence-corrected chi connectivity index (χ1v) is 10.2. The molecule has 5 unspecified atom stereocenters. The van der Waals surface area contributed by atoms with Gasteiger partial charge in [-0.2, -0.15) is 0 Å². The number of hydrogen-bond acceptors (Lipinski definition) is 2. The van der Waals surface area contributed by atoms with Crippen LogP contribution in [0.1, 0.15) is 57.7 Å². The standard InChI is InChI=1S/C23H27NO2/c1-13-21-10-9-18(25)20(2,3)22(21,26)11-8-14-12-16-15-6-4-5-7-17(15)24-19(16)23(13,14)21/h4-7,13-14,24,26H,8-12H2,1-3H3. The van der Waals surface area contributed by atoms with E-state index in [1.807, 2.05) is 13.8 Å². The van der Waals surface area contributed by atoms with Crippen LogP contribution in [0.25, 0.3) is 10.9 Å². The van der Waals surface area contributed by atoms with Crippen molar-refractivity contribution in [3.8, 4) is 0 Å². The third kappa shape index (κ3) is 1.20. The van der Waals surface area contributed by atoms with Gasteiger partial charge in [-0.05, 0) is 49.1 Å². The largest absolute Gasteiger partial charge is 0.388 e. The number of aromatic amines is 1. The number of hydrogen-bond donors (Lipinski definition) is 2. The molecular formula is C23H27NO2. The minimum atomic E-state index is -0.885. The Kier molecular flexibility index (Phi) is 2.44. The fourth-order valence-electron chi connectivity index (χ4n) is 8.29. The minimum Gasteiger partial charge on any atom is -0.388 e. The number of rotatable bonds is 0. The predicted molar refractivity (Wildman–Crippen MR) is 101 cm³/mol. The second-order valence-electron chi connectivity index (χ2n) is 9.93. The summed E-state index contributed by atoms with van der Waals surface area (Å²) in [4.78, 5) is 16.5. The number of para-hydroxylation sites is 1. The number of carbonyl (C=O) groups excluding carboxylic acids is 1. The Hall–Kier alpha value is -1.61. The molecule has 3 saturated carbocycles. The number of ketones is 1. The molecule has 3 fully saturated rings. The Bertz CT molecular complexity index is 987. The number of Topliss-reactive ketones (excluding diaryl/α,β-unsaturated/α-hetero) is 1. The molecule has 1 aromatic heterocycles. The van der Waals surface area contributed by atoms with E-state index >= 15 is 0 Å². The van der Waals surface area contributed by atoms with E-state index in [0.29, 0.717) is 18.3 Å². The lowest BCUT2D eigenvalue weighted by Crippen LogP contribution is -2.63. The van der Waals surface area contributed by atoms with Gasteiger partial charge in [0.1, 0.15) is 5.78 Å². The molecule has 3 nitrogen and oxygen atoms in total. The molecule has 4 aliphatic rings. The molecule has 3 heteroatoms.